The second-order valence-corrected chi connectivity index (χ2v) is 5.58. The summed E-state index contributed by atoms with van der Waals surface area (Å²) in [7, 11) is 0. The van der Waals surface area contributed by atoms with E-state index >= 15 is 0 Å². The van der Waals surface area contributed by atoms with Crippen LogP contribution >= 0.6 is 15.9 Å². The molecule has 1 heterocycles. The number of rotatable bonds is 3. The van der Waals surface area contributed by atoms with Gasteiger partial charge in [-0.3, -0.25) is 9.79 Å². The highest BCUT2D eigenvalue weighted by Crippen LogP contribution is 2.18. The van der Waals surface area contributed by atoms with E-state index in [1.165, 1.54) is 0 Å². The lowest BCUT2D eigenvalue weighted by molar-refractivity contribution is 0.102. The van der Waals surface area contributed by atoms with Crippen LogP contribution in [0.5, 0.6) is 0 Å². The Balaban J connectivity index is 1.84. The minimum Gasteiger partial charge on any atom is -0.368 e. The predicted octanol–water partition coefficient (Wildman–Crippen LogP) is 3.05. The van der Waals surface area contributed by atoms with E-state index in [-0.39, 0.29) is 5.91 Å². The summed E-state index contributed by atoms with van der Waals surface area (Å²) < 4.78 is 0.948. The van der Waals surface area contributed by atoms with Gasteiger partial charge in [0.25, 0.3) is 5.91 Å². The SMILES string of the molecule is O=C(Nc1ccccc1C1=NCCN1)c1ccc(Br)cc1. The highest BCUT2D eigenvalue weighted by Gasteiger charge is 2.14. The lowest BCUT2D eigenvalue weighted by atomic mass is 10.1. The molecule has 0 saturated heterocycles. The Morgan fingerprint density at radius 1 is 1.14 bits per heavy atom. The first-order valence-electron chi connectivity index (χ1n) is 6.69. The Kier molecular flexibility index (Phi) is 4.01. The normalized spacial score (nSPS) is 13.5. The third-order valence-corrected chi connectivity index (χ3v) is 3.74. The van der Waals surface area contributed by atoms with Gasteiger partial charge in [-0.2, -0.15) is 0 Å². The van der Waals surface area contributed by atoms with Crippen LogP contribution in [-0.4, -0.2) is 24.8 Å². The molecule has 1 aliphatic heterocycles. The van der Waals surface area contributed by atoms with Gasteiger partial charge in [0.05, 0.1) is 12.2 Å². The molecular weight excluding hydrogens is 330 g/mol. The number of anilines is 1. The van der Waals surface area contributed by atoms with E-state index in [1.807, 2.05) is 36.4 Å². The number of aliphatic imine (C=N–C) groups is 1. The quantitative estimate of drug-likeness (QED) is 0.899. The minimum atomic E-state index is -0.131. The summed E-state index contributed by atoms with van der Waals surface area (Å²) in [5, 5.41) is 6.17. The Morgan fingerprint density at radius 3 is 2.62 bits per heavy atom. The number of amidine groups is 1. The molecule has 2 aromatic rings. The summed E-state index contributed by atoms with van der Waals surface area (Å²) >= 11 is 3.36. The van der Waals surface area contributed by atoms with Gasteiger partial charge >= 0.3 is 0 Å². The fourth-order valence-electron chi connectivity index (χ4n) is 2.17. The molecule has 1 amide bonds. The van der Waals surface area contributed by atoms with Gasteiger partial charge in [-0.1, -0.05) is 28.1 Å². The zero-order valence-electron chi connectivity index (χ0n) is 11.3. The summed E-state index contributed by atoms with van der Waals surface area (Å²) in [4.78, 5) is 16.7. The van der Waals surface area contributed by atoms with E-state index in [0.717, 1.165) is 34.6 Å². The molecule has 0 saturated carbocycles. The standard InChI is InChI=1S/C16H14BrN3O/c17-12-7-5-11(6-8-12)16(21)20-14-4-2-1-3-13(14)15-18-9-10-19-15/h1-8H,9-10H2,(H,18,19)(H,20,21). The maximum atomic E-state index is 12.3. The van der Waals surface area contributed by atoms with Crippen LogP contribution < -0.4 is 10.6 Å². The number of hydrogen-bond donors (Lipinski definition) is 2. The number of carbonyl (C=O) groups excluding carboxylic acids is 1. The highest BCUT2D eigenvalue weighted by atomic mass is 79.9. The van der Waals surface area contributed by atoms with Gasteiger partial charge in [0.2, 0.25) is 0 Å². The maximum absolute atomic E-state index is 12.3. The van der Waals surface area contributed by atoms with Crippen LogP contribution in [0.3, 0.4) is 0 Å². The molecule has 106 valence electrons. The van der Waals surface area contributed by atoms with Crippen LogP contribution in [0.2, 0.25) is 0 Å². The molecule has 0 aromatic heterocycles. The van der Waals surface area contributed by atoms with Crippen molar-refractivity contribution in [3.63, 3.8) is 0 Å². The highest BCUT2D eigenvalue weighted by molar-refractivity contribution is 9.10. The molecule has 0 unspecified atom stereocenters. The fraction of sp³-hybridized carbons (Fsp3) is 0.125. The molecular formula is C16H14BrN3O. The molecule has 5 heteroatoms. The average Bonchev–Trinajstić information content (AvgIpc) is 3.02. The second-order valence-electron chi connectivity index (χ2n) is 4.66. The number of hydrogen-bond acceptors (Lipinski definition) is 3. The fourth-order valence-corrected chi connectivity index (χ4v) is 2.44. The van der Waals surface area contributed by atoms with Crippen molar-refractivity contribution in [3.8, 4) is 0 Å². The lowest BCUT2D eigenvalue weighted by Crippen LogP contribution is -2.22. The zero-order valence-corrected chi connectivity index (χ0v) is 12.9. The van der Waals surface area contributed by atoms with Gasteiger partial charge in [-0.15, -0.1) is 0 Å². The Labute approximate surface area is 131 Å². The predicted molar refractivity (Wildman–Crippen MR) is 87.9 cm³/mol. The molecule has 0 aliphatic carbocycles. The summed E-state index contributed by atoms with van der Waals surface area (Å²) in [6.07, 6.45) is 0. The van der Waals surface area contributed by atoms with Crippen LogP contribution in [0.1, 0.15) is 15.9 Å². The lowest BCUT2D eigenvalue weighted by Gasteiger charge is -2.11. The monoisotopic (exact) mass is 343 g/mol. The van der Waals surface area contributed by atoms with E-state index in [9.17, 15) is 4.79 Å². The van der Waals surface area contributed by atoms with Crippen molar-refractivity contribution in [2.45, 2.75) is 0 Å². The van der Waals surface area contributed by atoms with Crippen molar-refractivity contribution in [2.24, 2.45) is 4.99 Å². The number of amides is 1. The van der Waals surface area contributed by atoms with Crippen molar-refractivity contribution in [2.75, 3.05) is 18.4 Å². The summed E-state index contributed by atoms with van der Waals surface area (Å²) in [6.45, 7) is 1.61. The third-order valence-electron chi connectivity index (χ3n) is 3.21. The Bertz CT molecular complexity index is 695. The number of nitrogens with zero attached hydrogens (tertiary/aromatic N) is 1. The maximum Gasteiger partial charge on any atom is 0.255 e. The Morgan fingerprint density at radius 2 is 1.90 bits per heavy atom. The minimum absolute atomic E-state index is 0.131. The van der Waals surface area contributed by atoms with Crippen molar-refractivity contribution in [1.29, 1.82) is 0 Å². The van der Waals surface area contributed by atoms with Crippen LogP contribution in [0.4, 0.5) is 5.69 Å². The van der Waals surface area contributed by atoms with Gasteiger partial charge in [0.1, 0.15) is 5.84 Å². The molecule has 4 nitrogen and oxygen atoms in total. The number of benzene rings is 2. The number of carbonyl (C=O) groups is 1. The first-order valence-corrected chi connectivity index (χ1v) is 7.48. The average molecular weight is 344 g/mol. The second kappa shape index (κ2) is 6.10. The van der Waals surface area contributed by atoms with Crippen LogP contribution in [-0.2, 0) is 0 Å². The van der Waals surface area contributed by atoms with Crippen LogP contribution in [0, 0.1) is 0 Å². The van der Waals surface area contributed by atoms with E-state index in [4.69, 9.17) is 0 Å². The van der Waals surface area contributed by atoms with Gasteiger partial charge in [-0.05, 0) is 36.4 Å². The van der Waals surface area contributed by atoms with Gasteiger partial charge < -0.3 is 10.6 Å². The van der Waals surface area contributed by atoms with Crippen LogP contribution in [0.15, 0.2) is 58.0 Å². The third kappa shape index (κ3) is 3.13. The van der Waals surface area contributed by atoms with E-state index < -0.39 is 0 Å². The molecule has 2 aromatic carbocycles. The summed E-state index contributed by atoms with van der Waals surface area (Å²) in [5.41, 5.74) is 2.30. The van der Waals surface area contributed by atoms with Crippen molar-refractivity contribution in [1.82, 2.24) is 5.32 Å². The van der Waals surface area contributed by atoms with Gasteiger partial charge in [-0.25, -0.2) is 0 Å². The number of para-hydroxylation sites is 1. The van der Waals surface area contributed by atoms with Crippen molar-refractivity contribution in [3.05, 3.63) is 64.1 Å². The van der Waals surface area contributed by atoms with E-state index in [1.54, 1.807) is 12.1 Å². The Hall–Kier alpha value is -2.14. The molecule has 0 atom stereocenters. The molecule has 0 spiro atoms. The largest absolute Gasteiger partial charge is 0.368 e. The van der Waals surface area contributed by atoms with E-state index in [2.05, 4.69) is 31.6 Å². The topological polar surface area (TPSA) is 53.5 Å². The smallest absolute Gasteiger partial charge is 0.255 e. The first-order chi connectivity index (χ1) is 10.2. The zero-order chi connectivity index (χ0) is 14.7. The first kappa shape index (κ1) is 13.8. The molecule has 3 rings (SSSR count). The summed E-state index contributed by atoms with van der Waals surface area (Å²) in [6, 6.07) is 14.9. The van der Waals surface area contributed by atoms with Crippen LogP contribution in [0.25, 0.3) is 0 Å². The van der Waals surface area contributed by atoms with Gasteiger partial charge in [0.15, 0.2) is 0 Å². The van der Waals surface area contributed by atoms with Crippen molar-refractivity contribution < 1.29 is 4.79 Å². The number of halogens is 1. The number of nitrogens with one attached hydrogen (secondary N) is 2. The molecule has 2 N–H and O–H groups in total. The molecule has 21 heavy (non-hydrogen) atoms. The summed E-state index contributed by atoms with van der Waals surface area (Å²) in [5.74, 6) is 0.704. The molecule has 0 bridgehead atoms. The van der Waals surface area contributed by atoms with Crippen molar-refractivity contribution >= 4 is 33.4 Å². The van der Waals surface area contributed by atoms with E-state index in [0.29, 0.717) is 5.56 Å². The van der Waals surface area contributed by atoms with Gasteiger partial charge in [0, 0.05) is 22.1 Å². The molecule has 1 aliphatic rings. The molecule has 0 fully saturated rings. The molecule has 0 radical (unpaired) electrons.